The fourth-order valence-electron chi connectivity index (χ4n) is 9.85. The number of dihydropyridines is 1. The molecule has 11 rings (SSSR count). The zero-order valence-corrected chi connectivity index (χ0v) is 31.4. The Morgan fingerprint density at radius 3 is 2.20 bits per heavy atom. The molecule has 3 heterocycles. The van der Waals surface area contributed by atoms with Gasteiger partial charge in [-0.25, -0.2) is 0 Å². The molecule has 3 heteroatoms. The number of hydrogen-bond donors (Lipinski definition) is 0. The van der Waals surface area contributed by atoms with Gasteiger partial charge in [0.15, 0.2) is 0 Å². The number of aliphatic imine (C=N–C) groups is 1. The van der Waals surface area contributed by atoms with Crippen molar-refractivity contribution in [2.75, 3.05) is 9.80 Å². The van der Waals surface area contributed by atoms with Crippen LogP contribution in [0.15, 0.2) is 199 Å². The lowest BCUT2D eigenvalue weighted by Gasteiger charge is -2.32. The molecule has 3 nitrogen and oxygen atoms in total. The summed E-state index contributed by atoms with van der Waals surface area (Å²) in [5.74, 6) is 0.371. The Labute approximate surface area is 330 Å². The number of benzene rings is 5. The second-order valence-electron chi connectivity index (χ2n) is 15.7. The summed E-state index contributed by atoms with van der Waals surface area (Å²) in [7, 11) is 0. The number of nitrogens with zero attached hydrogens (tertiary/aromatic N) is 3. The highest BCUT2D eigenvalue weighted by Gasteiger charge is 2.39. The summed E-state index contributed by atoms with van der Waals surface area (Å²) in [6.45, 7) is 0. The van der Waals surface area contributed by atoms with E-state index in [2.05, 4.69) is 198 Å². The fraction of sp³-hybridized carbons (Fsp3) is 0.151. The minimum Gasteiger partial charge on any atom is -0.337 e. The van der Waals surface area contributed by atoms with E-state index in [9.17, 15) is 0 Å². The highest BCUT2D eigenvalue weighted by atomic mass is 15.2. The lowest BCUT2D eigenvalue weighted by Crippen LogP contribution is -2.32. The maximum absolute atomic E-state index is 5.24. The van der Waals surface area contributed by atoms with E-state index in [1.165, 1.54) is 67.3 Å². The zero-order chi connectivity index (χ0) is 37.0. The van der Waals surface area contributed by atoms with Gasteiger partial charge in [-0.3, -0.25) is 4.99 Å². The van der Waals surface area contributed by atoms with Crippen LogP contribution < -0.4 is 9.80 Å². The molecule has 5 aromatic carbocycles. The maximum atomic E-state index is 5.24. The minimum atomic E-state index is 0.0858. The van der Waals surface area contributed by atoms with E-state index < -0.39 is 0 Å². The van der Waals surface area contributed by atoms with Gasteiger partial charge in [-0.15, -0.1) is 0 Å². The third-order valence-electron chi connectivity index (χ3n) is 12.5. The van der Waals surface area contributed by atoms with Gasteiger partial charge in [-0.05, 0) is 113 Å². The molecule has 3 aliphatic carbocycles. The van der Waals surface area contributed by atoms with Gasteiger partial charge in [-0.1, -0.05) is 146 Å². The molecule has 0 spiro atoms. The Bertz CT molecular complexity index is 2600. The molecule has 6 aliphatic rings. The second-order valence-corrected chi connectivity index (χ2v) is 15.7. The van der Waals surface area contributed by atoms with Crippen LogP contribution >= 0.6 is 0 Å². The zero-order valence-electron chi connectivity index (χ0n) is 31.4. The Morgan fingerprint density at radius 2 is 1.36 bits per heavy atom. The van der Waals surface area contributed by atoms with Crippen molar-refractivity contribution < 1.29 is 0 Å². The van der Waals surface area contributed by atoms with E-state index in [-0.39, 0.29) is 12.1 Å². The summed E-state index contributed by atoms with van der Waals surface area (Å²) in [6.07, 6.45) is 26.9. The van der Waals surface area contributed by atoms with Gasteiger partial charge >= 0.3 is 0 Å². The van der Waals surface area contributed by atoms with Gasteiger partial charge in [0.2, 0.25) is 0 Å². The molecule has 0 radical (unpaired) electrons. The number of anilines is 3. The van der Waals surface area contributed by atoms with E-state index >= 15 is 0 Å². The second kappa shape index (κ2) is 13.7. The SMILES string of the molecule is C1=CCC(N2C3=CC=C(c4ccc5c(c4)C4=CC=CCC4N5c4ccc(C5=CC(c6ccccc6)=NC(c6ccccc6)C5)cc4)CC3c3ccccc32)C=C1. The largest absolute Gasteiger partial charge is 0.337 e. The van der Waals surface area contributed by atoms with Crippen LogP contribution in [0.25, 0.3) is 16.7 Å². The molecule has 0 N–H and O–H groups in total. The Balaban J connectivity index is 0.908. The summed E-state index contributed by atoms with van der Waals surface area (Å²) in [5.41, 5.74) is 18.3. The Kier molecular flexibility index (Phi) is 8.05. The average molecular weight is 722 g/mol. The maximum Gasteiger partial charge on any atom is 0.0796 e. The van der Waals surface area contributed by atoms with E-state index in [4.69, 9.17) is 4.99 Å². The summed E-state index contributed by atoms with van der Waals surface area (Å²) >= 11 is 0. The van der Waals surface area contributed by atoms with Crippen LogP contribution in [0.1, 0.15) is 71.0 Å². The van der Waals surface area contributed by atoms with Crippen LogP contribution in [0, 0.1) is 0 Å². The summed E-state index contributed by atoms with van der Waals surface area (Å²) in [5, 5.41) is 0. The highest BCUT2D eigenvalue weighted by Crippen LogP contribution is 2.53. The Morgan fingerprint density at radius 1 is 0.571 bits per heavy atom. The van der Waals surface area contributed by atoms with Crippen LogP contribution in [0.5, 0.6) is 0 Å². The van der Waals surface area contributed by atoms with E-state index in [0.29, 0.717) is 12.0 Å². The molecule has 0 saturated heterocycles. The molecule has 0 aromatic heterocycles. The molecular weight excluding hydrogens is 679 g/mol. The molecule has 5 aromatic rings. The first-order chi connectivity index (χ1) is 27.8. The number of para-hydroxylation sites is 1. The van der Waals surface area contributed by atoms with Gasteiger partial charge < -0.3 is 9.80 Å². The average Bonchev–Trinajstić information content (AvgIpc) is 3.79. The first-order valence-corrected chi connectivity index (χ1v) is 20.2. The number of allylic oxidation sites excluding steroid dienone is 9. The van der Waals surface area contributed by atoms with Crippen LogP contribution in [0.2, 0.25) is 0 Å². The highest BCUT2D eigenvalue weighted by molar-refractivity contribution is 6.13. The normalized spacial score (nSPS) is 23.0. The number of hydrogen-bond acceptors (Lipinski definition) is 3. The molecule has 56 heavy (non-hydrogen) atoms. The molecule has 0 fully saturated rings. The van der Waals surface area contributed by atoms with Crippen LogP contribution in [-0.2, 0) is 0 Å². The molecule has 270 valence electrons. The molecule has 0 saturated carbocycles. The van der Waals surface area contributed by atoms with Crippen molar-refractivity contribution in [1.29, 1.82) is 0 Å². The standard InChI is InChI=1S/C53H43N3/c1-4-14-37(15-5-1)48-34-41(35-49(54-48)38-16-6-2-7-17-38)36-24-28-43(29-25-36)56-51-23-13-11-21-45(51)47-33-40(27-31-53(47)56)39-26-30-52-46(32-39)44-20-10-12-22-50(44)55(52)42-18-8-3-9-19-42/h1-18,20-22,24-31,33-34,42,46,49,51H,19,23,32,35H2. The molecule has 0 amide bonds. The van der Waals surface area contributed by atoms with E-state index in [1.807, 2.05) is 0 Å². The monoisotopic (exact) mass is 721 g/mol. The quantitative estimate of drug-likeness (QED) is 0.174. The lowest BCUT2D eigenvalue weighted by molar-refractivity contribution is 0.722. The van der Waals surface area contributed by atoms with Crippen LogP contribution in [-0.4, -0.2) is 17.8 Å². The molecule has 4 atom stereocenters. The van der Waals surface area contributed by atoms with Crippen LogP contribution in [0.3, 0.4) is 0 Å². The van der Waals surface area contributed by atoms with Crippen molar-refractivity contribution in [3.63, 3.8) is 0 Å². The van der Waals surface area contributed by atoms with Gasteiger partial charge in [0.25, 0.3) is 0 Å². The predicted molar refractivity (Wildman–Crippen MR) is 234 cm³/mol. The third-order valence-corrected chi connectivity index (χ3v) is 12.5. The summed E-state index contributed by atoms with van der Waals surface area (Å²) < 4.78 is 0. The van der Waals surface area contributed by atoms with Crippen LogP contribution in [0.4, 0.5) is 17.1 Å². The van der Waals surface area contributed by atoms with Crippen molar-refractivity contribution in [3.8, 4) is 0 Å². The molecule has 3 aliphatic heterocycles. The van der Waals surface area contributed by atoms with Gasteiger partial charge in [-0.2, -0.15) is 0 Å². The third kappa shape index (κ3) is 5.61. The summed E-state index contributed by atoms with van der Waals surface area (Å²) in [6, 6.07) is 47.6. The number of fused-ring (bicyclic) bond motifs is 6. The lowest BCUT2D eigenvalue weighted by atomic mass is 9.84. The van der Waals surface area contributed by atoms with Crippen molar-refractivity contribution in [3.05, 3.63) is 227 Å². The topological polar surface area (TPSA) is 18.8 Å². The van der Waals surface area contributed by atoms with E-state index in [1.54, 1.807) is 0 Å². The predicted octanol–water partition coefficient (Wildman–Crippen LogP) is 12.7. The Hall–Kier alpha value is -6.45. The van der Waals surface area contributed by atoms with Gasteiger partial charge in [0.1, 0.15) is 0 Å². The minimum absolute atomic E-state index is 0.0858. The molecule has 0 bridgehead atoms. The fourth-order valence-corrected chi connectivity index (χ4v) is 9.85. The van der Waals surface area contributed by atoms with Crippen molar-refractivity contribution >= 4 is 39.5 Å². The molecular formula is C53H43N3. The smallest absolute Gasteiger partial charge is 0.0796 e. The number of rotatable bonds is 6. The van der Waals surface area contributed by atoms with Gasteiger partial charge in [0.05, 0.1) is 23.8 Å². The van der Waals surface area contributed by atoms with E-state index in [0.717, 1.165) is 37.0 Å². The summed E-state index contributed by atoms with van der Waals surface area (Å²) in [4.78, 5) is 10.4. The molecule has 4 unspecified atom stereocenters. The van der Waals surface area contributed by atoms with Crippen molar-refractivity contribution in [2.45, 2.75) is 49.7 Å². The van der Waals surface area contributed by atoms with Crippen molar-refractivity contribution in [2.24, 2.45) is 4.99 Å². The van der Waals surface area contributed by atoms with Crippen molar-refractivity contribution in [1.82, 2.24) is 0 Å². The first kappa shape index (κ1) is 32.9. The van der Waals surface area contributed by atoms with Gasteiger partial charge in [0, 0.05) is 34.2 Å². The first-order valence-electron chi connectivity index (χ1n) is 20.2.